The number of thiophene rings is 1. The Bertz CT molecular complexity index is 969. The van der Waals surface area contributed by atoms with E-state index in [9.17, 15) is 4.79 Å². The maximum absolute atomic E-state index is 12.1. The Morgan fingerprint density at radius 1 is 1.17 bits per heavy atom. The van der Waals surface area contributed by atoms with E-state index in [4.69, 9.17) is 4.42 Å². The summed E-state index contributed by atoms with van der Waals surface area (Å²) in [5.74, 6) is 0.843. The molecule has 0 atom stereocenters. The SMILES string of the molecule is O=C(NCc1cccs1)c1ccc(Cn2cnc3ccccc32)o1. The topological polar surface area (TPSA) is 60.1 Å². The first-order valence-electron chi connectivity index (χ1n) is 7.59. The summed E-state index contributed by atoms with van der Waals surface area (Å²) in [6, 6.07) is 15.4. The second kappa shape index (κ2) is 6.33. The molecule has 4 aromatic rings. The van der Waals surface area contributed by atoms with Gasteiger partial charge in [0.2, 0.25) is 0 Å². The number of rotatable bonds is 5. The molecule has 3 heterocycles. The Kier molecular flexibility index (Phi) is 3.88. The van der Waals surface area contributed by atoms with E-state index < -0.39 is 0 Å². The highest BCUT2D eigenvalue weighted by Gasteiger charge is 2.12. The lowest BCUT2D eigenvalue weighted by Crippen LogP contribution is -2.21. The van der Waals surface area contributed by atoms with E-state index in [1.165, 1.54) is 0 Å². The fourth-order valence-corrected chi connectivity index (χ4v) is 3.20. The standard InChI is InChI=1S/C18H15N3O2S/c22-18(19-10-14-4-3-9-24-14)17-8-7-13(23-17)11-21-12-20-15-5-1-2-6-16(15)21/h1-9,12H,10-11H2,(H,19,22). The summed E-state index contributed by atoms with van der Waals surface area (Å²) in [6.07, 6.45) is 1.78. The average Bonchev–Trinajstić information content (AvgIpc) is 3.35. The maximum atomic E-state index is 12.1. The van der Waals surface area contributed by atoms with E-state index >= 15 is 0 Å². The molecule has 24 heavy (non-hydrogen) atoms. The zero-order chi connectivity index (χ0) is 16.4. The van der Waals surface area contributed by atoms with Gasteiger partial charge in [0.15, 0.2) is 5.76 Å². The molecule has 120 valence electrons. The van der Waals surface area contributed by atoms with Crippen LogP contribution in [0.2, 0.25) is 0 Å². The third-order valence-corrected chi connectivity index (χ3v) is 4.62. The van der Waals surface area contributed by atoms with Gasteiger partial charge in [0.25, 0.3) is 5.91 Å². The smallest absolute Gasteiger partial charge is 0.287 e. The highest BCUT2D eigenvalue weighted by atomic mass is 32.1. The molecule has 5 nitrogen and oxygen atoms in total. The van der Waals surface area contributed by atoms with Crippen LogP contribution in [0, 0.1) is 0 Å². The second-order valence-corrected chi connectivity index (χ2v) is 6.42. The number of hydrogen-bond acceptors (Lipinski definition) is 4. The molecular weight excluding hydrogens is 322 g/mol. The Morgan fingerprint density at radius 2 is 2.08 bits per heavy atom. The summed E-state index contributed by atoms with van der Waals surface area (Å²) >= 11 is 1.61. The predicted octanol–water partition coefficient (Wildman–Crippen LogP) is 3.67. The molecule has 0 aliphatic carbocycles. The Labute approximate surface area is 142 Å². The molecule has 0 spiro atoms. The van der Waals surface area contributed by atoms with E-state index in [1.807, 2.05) is 52.4 Å². The van der Waals surface area contributed by atoms with Gasteiger partial charge in [-0.05, 0) is 35.7 Å². The van der Waals surface area contributed by atoms with Gasteiger partial charge < -0.3 is 14.3 Å². The molecule has 1 aromatic carbocycles. The number of aromatic nitrogens is 2. The molecule has 0 fully saturated rings. The Morgan fingerprint density at radius 3 is 2.96 bits per heavy atom. The average molecular weight is 337 g/mol. The first-order valence-corrected chi connectivity index (χ1v) is 8.47. The minimum absolute atomic E-state index is 0.204. The van der Waals surface area contributed by atoms with Crippen molar-refractivity contribution in [1.29, 1.82) is 0 Å². The molecule has 3 aromatic heterocycles. The third kappa shape index (κ3) is 2.96. The first kappa shape index (κ1) is 14.7. The third-order valence-electron chi connectivity index (χ3n) is 3.74. The molecule has 0 bridgehead atoms. The fraction of sp³-hybridized carbons (Fsp3) is 0.111. The molecule has 0 aliphatic rings. The van der Waals surface area contributed by atoms with E-state index in [-0.39, 0.29) is 5.91 Å². The van der Waals surface area contributed by atoms with Gasteiger partial charge >= 0.3 is 0 Å². The first-order chi connectivity index (χ1) is 11.8. The molecule has 4 rings (SSSR count). The normalized spacial score (nSPS) is 11.0. The Hall–Kier alpha value is -2.86. The minimum Gasteiger partial charge on any atom is -0.454 e. The number of nitrogens with one attached hydrogen (secondary N) is 1. The minimum atomic E-state index is -0.204. The lowest BCUT2D eigenvalue weighted by atomic mass is 10.3. The zero-order valence-corrected chi connectivity index (χ0v) is 13.6. The van der Waals surface area contributed by atoms with Gasteiger partial charge in [-0.2, -0.15) is 0 Å². The molecule has 0 saturated carbocycles. The van der Waals surface area contributed by atoms with Crippen LogP contribution in [0.15, 0.2) is 64.7 Å². The molecule has 1 N–H and O–H groups in total. The van der Waals surface area contributed by atoms with E-state index in [2.05, 4.69) is 10.3 Å². The second-order valence-electron chi connectivity index (χ2n) is 5.39. The molecule has 0 radical (unpaired) electrons. The molecule has 0 saturated heterocycles. The van der Waals surface area contributed by atoms with E-state index in [1.54, 1.807) is 23.7 Å². The maximum Gasteiger partial charge on any atom is 0.287 e. The summed E-state index contributed by atoms with van der Waals surface area (Å²) in [5.41, 5.74) is 1.98. The molecule has 0 aliphatic heterocycles. The van der Waals surface area contributed by atoms with Crippen molar-refractivity contribution in [3.63, 3.8) is 0 Å². The van der Waals surface area contributed by atoms with Crippen molar-refractivity contribution in [2.45, 2.75) is 13.1 Å². The summed E-state index contributed by atoms with van der Waals surface area (Å²) in [7, 11) is 0. The number of fused-ring (bicyclic) bond motifs is 1. The number of furan rings is 1. The van der Waals surface area contributed by atoms with Crippen molar-refractivity contribution in [3.8, 4) is 0 Å². The van der Waals surface area contributed by atoms with Crippen LogP contribution in [-0.4, -0.2) is 15.5 Å². The van der Waals surface area contributed by atoms with Crippen molar-refractivity contribution in [3.05, 3.63) is 76.6 Å². The van der Waals surface area contributed by atoms with Crippen molar-refractivity contribution < 1.29 is 9.21 Å². The van der Waals surface area contributed by atoms with Crippen LogP contribution in [0.5, 0.6) is 0 Å². The number of hydrogen-bond donors (Lipinski definition) is 1. The van der Waals surface area contributed by atoms with Gasteiger partial charge in [-0.1, -0.05) is 18.2 Å². The lowest BCUT2D eigenvalue weighted by molar-refractivity contribution is 0.0921. The van der Waals surface area contributed by atoms with Crippen LogP contribution in [0.4, 0.5) is 0 Å². The van der Waals surface area contributed by atoms with Crippen LogP contribution in [-0.2, 0) is 13.1 Å². The van der Waals surface area contributed by atoms with Gasteiger partial charge in [0, 0.05) is 4.88 Å². The van der Waals surface area contributed by atoms with Crippen molar-refractivity contribution >= 4 is 28.3 Å². The Balaban J connectivity index is 1.45. The molecular formula is C18H15N3O2S. The van der Waals surface area contributed by atoms with E-state index in [0.29, 0.717) is 18.8 Å². The number of amides is 1. The highest BCUT2D eigenvalue weighted by Crippen LogP contribution is 2.16. The van der Waals surface area contributed by atoms with Crippen LogP contribution in [0.3, 0.4) is 0 Å². The number of carbonyl (C=O) groups excluding carboxylic acids is 1. The van der Waals surface area contributed by atoms with E-state index in [0.717, 1.165) is 21.7 Å². The number of para-hydroxylation sites is 2. The van der Waals surface area contributed by atoms with Gasteiger partial charge in [0.1, 0.15) is 5.76 Å². The van der Waals surface area contributed by atoms with Crippen LogP contribution < -0.4 is 5.32 Å². The monoisotopic (exact) mass is 337 g/mol. The largest absolute Gasteiger partial charge is 0.454 e. The number of carbonyl (C=O) groups is 1. The van der Waals surface area contributed by atoms with Gasteiger partial charge in [0.05, 0.1) is 30.5 Å². The van der Waals surface area contributed by atoms with Crippen molar-refractivity contribution in [2.75, 3.05) is 0 Å². The quantitative estimate of drug-likeness (QED) is 0.604. The number of imidazole rings is 1. The van der Waals surface area contributed by atoms with Crippen LogP contribution in [0.1, 0.15) is 21.2 Å². The number of nitrogens with zero attached hydrogens (tertiary/aromatic N) is 2. The van der Waals surface area contributed by atoms with Crippen LogP contribution >= 0.6 is 11.3 Å². The fourth-order valence-electron chi connectivity index (χ4n) is 2.56. The van der Waals surface area contributed by atoms with Crippen LogP contribution in [0.25, 0.3) is 11.0 Å². The zero-order valence-electron chi connectivity index (χ0n) is 12.8. The van der Waals surface area contributed by atoms with Gasteiger partial charge in [-0.15, -0.1) is 11.3 Å². The lowest BCUT2D eigenvalue weighted by Gasteiger charge is -2.02. The predicted molar refractivity (Wildman–Crippen MR) is 93.0 cm³/mol. The van der Waals surface area contributed by atoms with Crippen molar-refractivity contribution in [1.82, 2.24) is 14.9 Å². The summed E-state index contributed by atoms with van der Waals surface area (Å²) < 4.78 is 7.68. The van der Waals surface area contributed by atoms with Crippen molar-refractivity contribution in [2.24, 2.45) is 0 Å². The highest BCUT2D eigenvalue weighted by molar-refractivity contribution is 7.09. The number of benzene rings is 1. The molecule has 0 unspecified atom stereocenters. The van der Waals surface area contributed by atoms with Gasteiger partial charge in [-0.3, -0.25) is 4.79 Å². The summed E-state index contributed by atoms with van der Waals surface area (Å²) in [4.78, 5) is 17.6. The van der Waals surface area contributed by atoms with Gasteiger partial charge in [-0.25, -0.2) is 4.98 Å². The summed E-state index contributed by atoms with van der Waals surface area (Å²) in [5, 5.41) is 4.85. The summed E-state index contributed by atoms with van der Waals surface area (Å²) in [6.45, 7) is 1.05. The molecule has 1 amide bonds. The molecule has 6 heteroatoms.